The van der Waals surface area contributed by atoms with E-state index in [1.807, 2.05) is 6.26 Å². The van der Waals surface area contributed by atoms with Crippen LogP contribution < -0.4 is 16.4 Å². The number of rotatable bonds is 7. The molecule has 1 fully saturated rings. The van der Waals surface area contributed by atoms with Crippen LogP contribution in [0.2, 0.25) is 0 Å². The molecular weight excluding hydrogens is 290 g/mol. The third-order valence-corrected chi connectivity index (χ3v) is 4.51. The summed E-state index contributed by atoms with van der Waals surface area (Å²) in [6.07, 6.45) is 8.13. The quantitative estimate of drug-likeness (QED) is 0.525. The molecule has 0 heterocycles. The molecule has 0 aliphatic heterocycles. The van der Waals surface area contributed by atoms with Crippen LogP contribution in [-0.4, -0.2) is 47.2 Å². The summed E-state index contributed by atoms with van der Waals surface area (Å²) in [7, 11) is 0. The Morgan fingerprint density at radius 3 is 2.43 bits per heavy atom. The van der Waals surface area contributed by atoms with Gasteiger partial charge < -0.3 is 21.5 Å². The van der Waals surface area contributed by atoms with E-state index in [4.69, 9.17) is 5.73 Å². The lowest BCUT2D eigenvalue weighted by molar-refractivity contribution is -0.124. The van der Waals surface area contributed by atoms with Crippen LogP contribution in [-0.2, 0) is 4.79 Å². The standard InChI is InChI=1S/C14H27N3O3S/c1-21-9-6-11(17-13(15)19)12(18)16-10-14(20)7-4-2-3-5-8-14/h11,20H,2-10H2,1H3,(H,16,18)(H3,15,17,19). The average molecular weight is 317 g/mol. The van der Waals surface area contributed by atoms with Gasteiger partial charge in [0.15, 0.2) is 0 Å². The zero-order chi connectivity index (χ0) is 15.7. The smallest absolute Gasteiger partial charge is 0.312 e. The van der Waals surface area contributed by atoms with Gasteiger partial charge in [0.1, 0.15) is 6.04 Å². The Bertz CT molecular complexity index is 344. The maximum Gasteiger partial charge on any atom is 0.312 e. The molecule has 122 valence electrons. The molecule has 0 saturated heterocycles. The van der Waals surface area contributed by atoms with Crippen molar-refractivity contribution in [1.82, 2.24) is 10.6 Å². The van der Waals surface area contributed by atoms with E-state index >= 15 is 0 Å². The Morgan fingerprint density at radius 1 is 1.29 bits per heavy atom. The van der Waals surface area contributed by atoms with Crippen LogP contribution in [0.25, 0.3) is 0 Å². The molecule has 0 aromatic carbocycles. The third-order valence-electron chi connectivity index (χ3n) is 3.87. The number of urea groups is 1. The number of hydrogen-bond donors (Lipinski definition) is 4. The van der Waals surface area contributed by atoms with E-state index in [2.05, 4.69) is 10.6 Å². The molecule has 1 saturated carbocycles. The van der Waals surface area contributed by atoms with Crippen molar-refractivity contribution in [1.29, 1.82) is 0 Å². The topological polar surface area (TPSA) is 104 Å². The minimum Gasteiger partial charge on any atom is -0.388 e. The predicted molar refractivity (Wildman–Crippen MR) is 85.2 cm³/mol. The molecule has 0 spiro atoms. The summed E-state index contributed by atoms with van der Waals surface area (Å²) in [5.74, 6) is 0.475. The van der Waals surface area contributed by atoms with Gasteiger partial charge in [-0.15, -0.1) is 0 Å². The molecule has 1 aliphatic rings. The molecule has 0 bridgehead atoms. The molecule has 7 heteroatoms. The number of aliphatic hydroxyl groups is 1. The van der Waals surface area contributed by atoms with Crippen molar-refractivity contribution in [2.75, 3.05) is 18.6 Å². The van der Waals surface area contributed by atoms with Crippen molar-refractivity contribution in [2.24, 2.45) is 5.73 Å². The number of nitrogens with one attached hydrogen (secondary N) is 2. The Labute approximate surface area is 130 Å². The van der Waals surface area contributed by atoms with Gasteiger partial charge >= 0.3 is 6.03 Å². The zero-order valence-corrected chi connectivity index (χ0v) is 13.5. The van der Waals surface area contributed by atoms with Gasteiger partial charge in [-0.3, -0.25) is 4.79 Å². The van der Waals surface area contributed by atoms with Crippen molar-refractivity contribution < 1.29 is 14.7 Å². The second-order valence-electron chi connectivity index (χ2n) is 5.70. The van der Waals surface area contributed by atoms with Crippen LogP contribution in [0.4, 0.5) is 4.79 Å². The van der Waals surface area contributed by atoms with Crippen LogP contribution in [0.1, 0.15) is 44.9 Å². The number of hydrogen-bond acceptors (Lipinski definition) is 4. The van der Waals surface area contributed by atoms with Crippen LogP contribution in [0.15, 0.2) is 0 Å². The first-order valence-corrected chi connectivity index (χ1v) is 8.91. The maximum absolute atomic E-state index is 12.2. The Hall–Kier alpha value is -0.950. The summed E-state index contributed by atoms with van der Waals surface area (Å²) >= 11 is 1.60. The van der Waals surface area contributed by atoms with Crippen LogP contribution in [0, 0.1) is 0 Å². The fourth-order valence-electron chi connectivity index (χ4n) is 2.61. The van der Waals surface area contributed by atoms with Crippen molar-refractivity contribution in [3.8, 4) is 0 Å². The summed E-state index contributed by atoms with van der Waals surface area (Å²) in [6, 6.07) is -1.34. The van der Waals surface area contributed by atoms with Gasteiger partial charge in [0.05, 0.1) is 5.60 Å². The molecule has 0 aromatic heterocycles. The van der Waals surface area contributed by atoms with E-state index in [0.29, 0.717) is 19.3 Å². The lowest BCUT2D eigenvalue weighted by atomic mass is 9.94. The lowest BCUT2D eigenvalue weighted by Crippen LogP contribution is -2.52. The Kier molecular flexibility index (Phi) is 7.88. The minimum atomic E-state index is -0.817. The normalized spacial score (nSPS) is 19.3. The van der Waals surface area contributed by atoms with Gasteiger partial charge in [0, 0.05) is 6.54 Å². The van der Waals surface area contributed by atoms with Crippen LogP contribution >= 0.6 is 11.8 Å². The third kappa shape index (κ3) is 7.04. The van der Waals surface area contributed by atoms with Gasteiger partial charge in [-0.1, -0.05) is 25.7 Å². The Morgan fingerprint density at radius 2 is 1.90 bits per heavy atom. The molecule has 1 unspecified atom stereocenters. The summed E-state index contributed by atoms with van der Waals surface area (Å²) in [4.78, 5) is 23.1. The van der Waals surface area contributed by atoms with Gasteiger partial charge in [-0.2, -0.15) is 11.8 Å². The maximum atomic E-state index is 12.2. The van der Waals surface area contributed by atoms with E-state index in [1.165, 1.54) is 0 Å². The molecule has 1 atom stereocenters. The van der Waals surface area contributed by atoms with Crippen LogP contribution in [0.3, 0.4) is 0 Å². The molecule has 1 aliphatic carbocycles. The van der Waals surface area contributed by atoms with E-state index < -0.39 is 17.7 Å². The molecule has 3 amide bonds. The highest BCUT2D eigenvalue weighted by atomic mass is 32.2. The molecule has 21 heavy (non-hydrogen) atoms. The average Bonchev–Trinajstić information content (AvgIpc) is 2.66. The first kappa shape index (κ1) is 18.1. The lowest BCUT2D eigenvalue weighted by Gasteiger charge is -2.28. The summed E-state index contributed by atoms with van der Waals surface area (Å²) in [5.41, 5.74) is 4.29. The fourth-order valence-corrected chi connectivity index (χ4v) is 3.09. The Balaban J connectivity index is 2.49. The first-order chi connectivity index (χ1) is 9.97. The van der Waals surface area contributed by atoms with Crippen LogP contribution in [0.5, 0.6) is 0 Å². The molecule has 0 radical (unpaired) electrons. The molecular formula is C14H27N3O3S. The van der Waals surface area contributed by atoms with Gasteiger partial charge in [-0.25, -0.2) is 4.79 Å². The van der Waals surface area contributed by atoms with Gasteiger partial charge in [-0.05, 0) is 31.3 Å². The number of thioether (sulfide) groups is 1. The highest BCUT2D eigenvalue weighted by Gasteiger charge is 2.29. The SMILES string of the molecule is CSCCC(NC(N)=O)C(=O)NCC1(O)CCCCCC1. The highest BCUT2D eigenvalue weighted by Crippen LogP contribution is 2.26. The van der Waals surface area contributed by atoms with E-state index in [9.17, 15) is 14.7 Å². The number of primary amides is 1. The second-order valence-corrected chi connectivity index (χ2v) is 6.68. The molecule has 0 aromatic rings. The summed E-state index contributed by atoms with van der Waals surface area (Å²) in [5, 5.41) is 15.7. The van der Waals surface area contributed by atoms with E-state index in [1.54, 1.807) is 11.8 Å². The minimum absolute atomic E-state index is 0.238. The fraction of sp³-hybridized carbons (Fsp3) is 0.857. The number of amides is 3. The predicted octanol–water partition coefficient (Wildman–Crippen LogP) is 0.978. The molecule has 6 nitrogen and oxygen atoms in total. The van der Waals surface area contributed by atoms with Crippen molar-refractivity contribution in [3.05, 3.63) is 0 Å². The first-order valence-electron chi connectivity index (χ1n) is 7.52. The van der Waals surface area contributed by atoms with Gasteiger partial charge in [0.25, 0.3) is 0 Å². The number of nitrogens with two attached hydrogens (primary N) is 1. The largest absolute Gasteiger partial charge is 0.388 e. The van der Waals surface area contributed by atoms with Crippen molar-refractivity contribution >= 4 is 23.7 Å². The number of carbonyl (C=O) groups is 2. The van der Waals surface area contributed by atoms with Gasteiger partial charge in [0.2, 0.25) is 5.91 Å². The van der Waals surface area contributed by atoms with Crippen molar-refractivity contribution in [2.45, 2.75) is 56.6 Å². The monoisotopic (exact) mass is 317 g/mol. The summed E-state index contributed by atoms with van der Waals surface area (Å²) < 4.78 is 0. The zero-order valence-electron chi connectivity index (χ0n) is 12.7. The number of carbonyl (C=O) groups excluding carboxylic acids is 2. The molecule has 5 N–H and O–H groups in total. The highest BCUT2D eigenvalue weighted by molar-refractivity contribution is 7.98. The second kappa shape index (κ2) is 9.15. The van der Waals surface area contributed by atoms with Crippen molar-refractivity contribution in [3.63, 3.8) is 0 Å². The molecule has 1 rings (SSSR count). The van der Waals surface area contributed by atoms with E-state index in [0.717, 1.165) is 31.4 Å². The van der Waals surface area contributed by atoms with E-state index in [-0.39, 0.29) is 12.5 Å². The summed E-state index contributed by atoms with van der Waals surface area (Å²) in [6.45, 7) is 0.238.